The van der Waals surface area contributed by atoms with Crippen LogP contribution < -0.4 is 0 Å². The molecule has 0 aliphatic heterocycles. The highest BCUT2D eigenvalue weighted by molar-refractivity contribution is 6.28. The van der Waals surface area contributed by atoms with E-state index in [0.29, 0.717) is 11.1 Å². The molecular weight excluding hydrogens is 224 g/mol. The Morgan fingerprint density at radius 3 is 2.22 bits per heavy atom. The van der Waals surface area contributed by atoms with Gasteiger partial charge in [0.15, 0.2) is 5.78 Å². The molecule has 2 rings (SSSR count). The standard InChI is InChI=1S/C16H14O2/c1-12-7-5-6-10-14(12)15(11-17)16(18)13-8-3-2-4-9-13/h2-11,17H,1H3/b15-11+. The van der Waals surface area contributed by atoms with Crippen molar-refractivity contribution in [3.63, 3.8) is 0 Å². The number of hydrogen-bond donors (Lipinski definition) is 1. The van der Waals surface area contributed by atoms with Crippen molar-refractivity contribution < 1.29 is 9.90 Å². The maximum atomic E-state index is 12.3. The highest BCUT2D eigenvalue weighted by atomic mass is 16.2. The molecule has 0 aliphatic carbocycles. The molecule has 0 atom stereocenters. The van der Waals surface area contributed by atoms with Gasteiger partial charge in [-0.15, -0.1) is 0 Å². The van der Waals surface area contributed by atoms with Gasteiger partial charge in [0.05, 0.1) is 11.8 Å². The van der Waals surface area contributed by atoms with E-state index in [-0.39, 0.29) is 5.78 Å². The number of aliphatic hydroxyl groups is 1. The Hall–Kier alpha value is -2.35. The third-order valence-electron chi connectivity index (χ3n) is 2.84. The Bertz CT molecular complexity index is 583. The first-order valence-corrected chi connectivity index (χ1v) is 5.74. The number of ketones is 1. The zero-order chi connectivity index (χ0) is 13.0. The quantitative estimate of drug-likeness (QED) is 0.502. The molecule has 2 nitrogen and oxygen atoms in total. The van der Waals surface area contributed by atoms with Crippen LogP contribution in [-0.4, -0.2) is 10.9 Å². The van der Waals surface area contributed by atoms with Gasteiger partial charge in [0.2, 0.25) is 0 Å². The lowest BCUT2D eigenvalue weighted by molar-refractivity contribution is 0.105. The van der Waals surface area contributed by atoms with Gasteiger partial charge in [0.1, 0.15) is 0 Å². The van der Waals surface area contributed by atoms with Crippen LogP contribution in [0, 0.1) is 6.92 Å². The summed E-state index contributed by atoms with van der Waals surface area (Å²) in [5.41, 5.74) is 2.61. The molecule has 0 unspecified atom stereocenters. The van der Waals surface area contributed by atoms with E-state index >= 15 is 0 Å². The Kier molecular flexibility index (Phi) is 3.58. The van der Waals surface area contributed by atoms with Gasteiger partial charge in [-0.2, -0.15) is 0 Å². The van der Waals surface area contributed by atoms with E-state index in [2.05, 4.69) is 0 Å². The normalized spacial score (nSPS) is 11.3. The van der Waals surface area contributed by atoms with Gasteiger partial charge >= 0.3 is 0 Å². The van der Waals surface area contributed by atoms with Crippen LogP contribution in [0.5, 0.6) is 0 Å². The molecular formula is C16H14O2. The maximum absolute atomic E-state index is 12.3. The number of hydrogen-bond acceptors (Lipinski definition) is 2. The summed E-state index contributed by atoms with van der Waals surface area (Å²) in [5.74, 6) is -0.174. The fourth-order valence-electron chi connectivity index (χ4n) is 1.87. The molecule has 0 spiro atoms. The van der Waals surface area contributed by atoms with E-state index in [1.807, 2.05) is 37.3 Å². The Morgan fingerprint density at radius 1 is 1.00 bits per heavy atom. The van der Waals surface area contributed by atoms with Crippen molar-refractivity contribution in [3.8, 4) is 0 Å². The monoisotopic (exact) mass is 238 g/mol. The molecule has 0 aliphatic rings. The number of allylic oxidation sites excluding steroid dienone is 1. The van der Waals surface area contributed by atoms with Gasteiger partial charge in [-0.3, -0.25) is 4.79 Å². The topological polar surface area (TPSA) is 37.3 Å². The van der Waals surface area contributed by atoms with Crippen molar-refractivity contribution in [2.45, 2.75) is 6.92 Å². The second kappa shape index (κ2) is 5.32. The van der Waals surface area contributed by atoms with Crippen LogP contribution in [0.3, 0.4) is 0 Å². The first-order valence-electron chi connectivity index (χ1n) is 5.74. The highest BCUT2D eigenvalue weighted by Gasteiger charge is 2.15. The summed E-state index contributed by atoms with van der Waals surface area (Å²) in [7, 11) is 0. The number of benzene rings is 2. The minimum atomic E-state index is -0.174. The van der Waals surface area contributed by atoms with Crippen LogP contribution >= 0.6 is 0 Å². The van der Waals surface area contributed by atoms with Crippen molar-refractivity contribution in [1.82, 2.24) is 0 Å². The number of Topliss-reactive ketones (excluding diaryl/α,β-unsaturated/α-hetero) is 1. The molecule has 2 aromatic rings. The molecule has 90 valence electrons. The lowest BCUT2D eigenvalue weighted by atomic mass is 9.95. The van der Waals surface area contributed by atoms with E-state index in [0.717, 1.165) is 17.4 Å². The number of aryl methyl sites for hydroxylation is 1. The van der Waals surface area contributed by atoms with E-state index in [9.17, 15) is 9.90 Å². The highest BCUT2D eigenvalue weighted by Crippen LogP contribution is 2.22. The fraction of sp³-hybridized carbons (Fsp3) is 0.0625. The molecule has 0 fully saturated rings. The van der Waals surface area contributed by atoms with Crippen molar-refractivity contribution in [2.75, 3.05) is 0 Å². The van der Waals surface area contributed by atoms with Crippen LogP contribution in [0.15, 0.2) is 60.9 Å². The van der Waals surface area contributed by atoms with E-state index in [1.165, 1.54) is 0 Å². The molecule has 0 heterocycles. The molecule has 2 aromatic carbocycles. The van der Waals surface area contributed by atoms with Gasteiger partial charge < -0.3 is 5.11 Å². The summed E-state index contributed by atoms with van der Waals surface area (Å²) in [6.45, 7) is 1.91. The second-order valence-electron chi connectivity index (χ2n) is 4.05. The molecule has 0 radical (unpaired) electrons. The average molecular weight is 238 g/mol. The molecule has 0 saturated carbocycles. The summed E-state index contributed by atoms with van der Waals surface area (Å²) in [6.07, 6.45) is 0.887. The molecule has 0 aromatic heterocycles. The molecule has 18 heavy (non-hydrogen) atoms. The zero-order valence-corrected chi connectivity index (χ0v) is 10.1. The van der Waals surface area contributed by atoms with Crippen molar-refractivity contribution >= 4 is 11.4 Å². The first kappa shape index (κ1) is 12.1. The Balaban J connectivity index is 2.43. The van der Waals surface area contributed by atoms with Crippen LogP contribution in [0.25, 0.3) is 5.57 Å². The van der Waals surface area contributed by atoms with Crippen molar-refractivity contribution in [3.05, 3.63) is 77.5 Å². The summed E-state index contributed by atoms with van der Waals surface area (Å²) >= 11 is 0. The first-order chi connectivity index (χ1) is 8.74. The molecule has 0 amide bonds. The minimum absolute atomic E-state index is 0.174. The largest absolute Gasteiger partial charge is 0.515 e. The third kappa shape index (κ3) is 2.33. The maximum Gasteiger partial charge on any atom is 0.196 e. The fourth-order valence-corrected chi connectivity index (χ4v) is 1.87. The molecule has 2 heteroatoms. The summed E-state index contributed by atoms with van der Waals surface area (Å²) in [5, 5.41) is 9.35. The van der Waals surface area contributed by atoms with E-state index in [4.69, 9.17) is 0 Å². The Morgan fingerprint density at radius 2 is 1.61 bits per heavy atom. The third-order valence-corrected chi connectivity index (χ3v) is 2.84. The zero-order valence-electron chi connectivity index (χ0n) is 10.1. The van der Waals surface area contributed by atoms with E-state index < -0.39 is 0 Å². The average Bonchev–Trinajstić information content (AvgIpc) is 2.42. The van der Waals surface area contributed by atoms with Gasteiger partial charge in [-0.25, -0.2) is 0 Å². The molecule has 1 N–H and O–H groups in total. The van der Waals surface area contributed by atoms with Crippen LogP contribution in [0.4, 0.5) is 0 Å². The smallest absolute Gasteiger partial charge is 0.196 e. The van der Waals surface area contributed by atoms with E-state index in [1.54, 1.807) is 24.3 Å². The van der Waals surface area contributed by atoms with Crippen LogP contribution in [0.1, 0.15) is 21.5 Å². The molecule has 0 bridgehead atoms. The number of aliphatic hydroxyl groups excluding tert-OH is 1. The van der Waals surface area contributed by atoms with Crippen molar-refractivity contribution in [2.24, 2.45) is 0 Å². The number of carbonyl (C=O) groups is 1. The predicted octanol–water partition coefficient (Wildman–Crippen LogP) is 3.78. The SMILES string of the molecule is Cc1ccccc1/C(=C\O)C(=O)c1ccccc1. The Labute approximate surface area is 106 Å². The van der Waals surface area contributed by atoms with Crippen LogP contribution in [-0.2, 0) is 0 Å². The van der Waals surface area contributed by atoms with Gasteiger partial charge in [0.25, 0.3) is 0 Å². The lowest BCUT2D eigenvalue weighted by Gasteiger charge is -2.08. The minimum Gasteiger partial charge on any atom is -0.515 e. The van der Waals surface area contributed by atoms with Gasteiger partial charge in [-0.1, -0.05) is 54.6 Å². The number of rotatable bonds is 3. The summed E-state index contributed by atoms with van der Waals surface area (Å²) in [4.78, 5) is 12.3. The number of carbonyl (C=O) groups excluding carboxylic acids is 1. The second-order valence-corrected chi connectivity index (χ2v) is 4.05. The van der Waals surface area contributed by atoms with Crippen molar-refractivity contribution in [1.29, 1.82) is 0 Å². The predicted molar refractivity (Wildman–Crippen MR) is 72.6 cm³/mol. The molecule has 0 saturated heterocycles. The summed E-state index contributed by atoms with van der Waals surface area (Å²) < 4.78 is 0. The lowest BCUT2D eigenvalue weighted by Crippen LogP contribution is -2.04. The summed E-state index contributed by atoms with van der Waals surface area (Å²) in [6, 6.07) is 16.4. The van der Waals surface area contributed by atoms with Gasteiger partial charge in [-0.05, 0) is 18.1 Å². The van der Waals surface area contributed by atoms with Crippen LogP contribution in [0.2, 0.25) is 0 Å². The van der Waals surface area contributed by atoms with Gasteiger partial charge in [0, 0.05) is 5.56 Å².